The Bertz CT molecular complexity index is 270. The van der Waals surface area contributed by atoms with Crippen LogP contribution in [-0.4, -0.2) is 17.6 Å². The minimum atomic E-state index is -0.186. The molecule has 1 aromatic rings. The number of H-pyrrole nitrogens is 1. The van der Waals surface area contributed by atoms with Gasteiger partial charge in [0.1, 0.15) is 0 Å². The van der Waals surface area contributed by atoms with E-state index < -0.39 is 0 Å². The Morgan fingerprint density at radius 2 is 2.50 bits per heavy atom. The van der Waals surface area contributed by atoms with Crippen LogP contribution in [0.1, 0.15) is 31.5 Å². The van der Waals surface area contributed by atoms with E-state index in [4.69, 9.17) is 10.5 Å². The third kappa shape index (κ3) is 3.22. The molecule has 0 fully saturated rings. The molecule has 4 heteroatoms. The van der Waals surface area contributed by atoms with E-state index >= 15 is 0 Å². The molecule has 3 N–H and O–H groups in total. The molecular formula is C10H16N2O2. The molecule has 14 heavy (non-hydrogen) atoms. The number of carbonyl (C=O) groups is 1. The molecule has 0 aliphatic heterocycles. The standard InChI is InChI=1S/C10H16N2O2/c1-2-14-10(13)6-5-8(11)9-4-3-7-12-9/h3-4,7-8,12H,2,5-6,11H2,1H3. The van der Waals surface area contributed by atoms with E-state index in [0.29, 0.717) is 19.4 Å². The van der Waals surface area contributed by atoms with Crippen molar-refractivity contribution in [3.8, 4) is 0 Å². The molecular weight excluding hydrogens is 180 g/mol. The highest BCUT2D eigenvalue weighted by molar-refractivity contribution is 5.69. The molecule has 1 rings (SSSR count). The van der Waals surface area contributed by atoms with E-state index in [1.165, 1.54) is 0 Å². The van der Waals surface area contributed by atoms with Gasteiger partial charge in [0.15, 0.2) is 0 Å². The lowest BCUT2D eigenvalue weighted by atomic mass is 10.1. The average molecular weight is 196 g/mol. The average Bonchev–Trinajstić information content (AvgIpc) is 2.67. The van der Waals surface area contributed by atoms with Crippen LogP contribution in [0.25, 0.3) is 0 Å². The molecule has 1 heterocycles. The first-order valence-electron chi connectivity index (χ1n) is 4.78. The molecule has 0 amide bonds. The molecule has 1 unspecified atom stereocenters. The predicted octanol–water partition coefficient (Wildman–Crippen LogP) is 1.36. The Morgan fingerprint density at radius 1 is 1.71 bits per heavy atom. The second kappa shape index (κ2) is 5.44. The van der Waals surface area contributed by atoms with Crippen LogP contribution in [0.3, 0.4) is 0 Å². The summed E-state index contributed by atoms with van der Waals surface area (Å²) >= 11 is 0. The van der Waals surface area contributed by atoms with Gasteiger partial charge >= 0.3 is 5.97 Å². The lowest BCUT2D eigenvalue weighted by Gasteiger charge is -2.08. The summed E-state index contributed by atoms with van der Waals surface area (Å²) in [6.07, 6.45) is 2.80. The summed E-state index contributed by atoms with van der Waals surface area (Å²) in [6.45, 7) is 2.22. The summed E-state index contributed by atoms with van der Waals surface area (Å²) in [7, 11) is 0. The molecule has 0 radical (unpaired) electrons. The summed E-state index contributed by atoms with van der Waals surface area (Å²) in [5.74, 6) is -0.186. The van der Waals surface area contributed by atoms with Gasteiger partial charge in [-0.2, -0.15) is 0 Å². The second-order valence-corrected chi connectivity index (χ2v) is 3.08. The lowest BCUT2D eigenvalue weighted by Crippen LogP contribution is -2.13. The first kappa shape index (κ1) is 10.8. The maximum atomic E-state index is 11.0. The van der Waals surface area contributed by atoms with Crippen molar-refractivity contribution in [2.24, 2.45) is 5.73 Å². The van der Waals surface area contributed by atoms with Crippen molar-refractivity contribution in [2.75, 3.05) is 6.61 Å². The van der Waals surface area contributed by atoms with Crippen molar-refractivity contribution < 1.29 is 9.53 Å². The molecule has 0 saturated carbocycles. The summed E-state index contributed by atoms with van der Waals surface area (Å²) in [5.41, 5.74) is 6.80. The van der Waals surface area contributed by atoms with Gasteiger partial charge in [-0.15, -0.1) is 0 Å². The molecule has 4 nitrogen and oxygen atoms in total. The van der Waals surface area contributed by atoms with Gasteiger partial charge in [0.2, 0.25) is 0 Å². The van der Waals surface area contributed by atoms with Crippen LogP contribution in [0.5, 0.6) is 0 Å². The van der Waals surface area contributed by atoms with E-state index in [2.05, 4.69) is 4.98 Å². The number of hydrogen-bond donors (Lipinski definition) is 2. The van der Waals surface area contributed by atoms with E-state index in [-0.39, 0.29) is 12.0 Å². The van der Waals surface area contributed by atoms with Crippen molar-refractivity contribution in [3.63, 3.8) is 0 Å². The van der Waals surface area contributed by atoms with Crippen LogP contribution in [-0.2, 0) is 9.53 Å². The molecule has 1 aromatic heterocycles. The summed E-state index contributed by atoms with van der Waals surface area (Å²) < 4.78 is 4.80. The van der Waals surface area contributed by atoms with Crippen LogP contribution in [0.4, 0.5) is 0 Å². The fourth-order valence-corrected chi connectivity index (χ4v) is 1.24. The first-order valence-corrected chi connectivity index (χ1v) is 4.78. The fraction of sp³-hybridized carbons (Fsp3) is 0.500. The first-order chi connectivity index (χ1) is 6.74. The van der Waals surface area contributed by atoms with Crippen molar-refractivity contribution in [1.29, 1.82) is 0 Å². The summed E-state index contributed by atoms with van der Waals surface area (Å²) in [5, 5.41) is 0. The number of esters is 1. The molecule has 0 aliphatic rings. The zero-order valence-corrected chi connectivity index (χ0v) is 8.32. The Balaban J connectivity index is 2.28. The van der Waals surface area contributed by atoms with Gasteiger partial charge in [-0.1, -0.05) is 0 Å². The third-order valence-electron chi connectivity index (χ3n) is 1.99. The topological polar surface area (TPSA) is 68.1 Å². The highest BCUT2D eigenvalue weighted by Gasteiger charge is 2.09. The van der Waals surface area contributed by atoms with Crippen LogP contribution in [0.2, 0.25) is 0 Å². The van der Waals surface area contributed by atoms with E-state index in [0.717, 1.165) is 5.69 Å². The van der Waals surface area contributed by atoms with Gasteiger partial charge in [-0.3, -0.25) is 4.79 Å². The highest BCUT2D eigenvalue weighted by Crippen LogP contribution is 2.13. The number of rotatable bonds is 5. The largest absolute Gasteiger partial charge is 0.466 e. The second-order valence-electron chi connectivity index (χ2n) is 3.08. The Morgan fingerprint density at radius 3 is 3.07 bits per heavy atom. The highest BCUT2D eigenvalue weighted by atomic mass is 16.5. The number of aromatic amines is 1. The molecule has 0 aromatic carbocycles. The van der Waals surface area contributed by atoms with Gasteiger partial charge in [-0.05, 0) is 25.5 Å². The molecule has 0 bridgehead atoms. The van der Waals surface area contributed by atoms with Gasteiger partial charge in [0.05, 0.1) is 6.61 Å². The Labute approximate surface area is 83.4 Å². The number of nitrogens with two attached hydrogens (primary N) is 1. The lowest BCUT2D eigenvalue weighted by molar-refractivity contribution is -0.143. The number of carbonyl (C=O) groups excluding carboxylic acids is 1. The van der Waals surface area contributed by atoms with Crippen molar-refractivity contribution >= 4 is 5.97 Å². The van der Waals surface area contributed by atoms with E-state index in [9.17, 15) is 4.79 Å². The third-order valence-corrected chi connectivity index (χ3v) is 1.99. The van der Waals surface area contributed by atoms with Crippen LogP contribution in [0.15, 0.2) is 18.3 Å². The number of ether oxygens (including phenoxy) is 1. The molecule has 1 atom stereocenters. The van der Waals surface area contributed by atoms with Gasteiger partial charge < -0.3 is 15.5 Å². The Hall–Kier alpha value is -1.29. The molecule has 0 saturated heterocycles. The maximum absolute atomic E-state index is 11.0. The van der Waals surface area contributed by atoms with Crippen molar-refractivity contribution in [1.82, 2.24) is 4.98 Å². The quantitative estimate of drug-likeness (QED) is 0.698. The number of nitrogens with one attached hydrogen (secondary N) is 1. The van der Waals surface area contributed by atoms with E-state index in [1.54, 1.807) is 6.92 Å². The maximum Gasteiger partial charge on any atom is 0.305 e. The SMILES string of the molecule is CCOC(=O)CCC(N)c1ccc[nH]1. The van der Waals surface area contributed by atoms with Crippen molar-refractivity contribution in [2.45, 2.75) is 25.8 Å². The molecule has 0 aliphatic carbocycles. The van der Waals surface area contributed by atoms with Crippen molar-refractivity contribution in [3.05, 3.63) is 24.0 Å². The number of hydrogen-bond acceptors (Lipinski definition) is 3. The molecule has 78 valence electrons. The summed E-state index contributed by atoms with van der Waals surface area (Å²) in [6, 6.07) is 3.68. The number of aromatic nitrogens is 1. The summed E-state index contributed by atoms with van der Waals surface area (Å²) in [4.78, 5) is 14.0. The predicted molar refractivity (Wildman–Crippen MR) is 53.6 cm³/mol. The smallest absolute Gasteiger partial charge is 0.305 e. The zero-order valence-electron chi connectivity index (χ0n) is 8.32. The fourth-order valence-electron chi connectivity index (χ4n) is 1.24. The van der Waals surface area contributed by atoms with Crippen LogP contribution >= 0.6 is 0 Å². The van der Waals surface area contributed by atoms with Gasteiger partial charge in [-0.25, -0.2) is 0 Å². The zero-order chi connectivity index (χ0) is 10.4. The van der Waals surface area contributed by atoms with Gasteiger partial charge in [0.25, 0.3) is 0 Å². The van der Waals surface area contributed by atoms with E-state index in [1.807, 2.05) is 18.3 Å². The normalized spacial score (nSPS) is 12.4. The minimum Gasteiger partial charge on any atom is -0.466 e. The minimum absolute atomic E-state index is 0.116. The Kier molecular flexibility index (Phi) is 4.19. The van der Waals surface area contributed by atoms with Crippen LogP contribution in [0, 0.1) is 0 Å². The molecule has 0 spiro atoms. The van der Waals surface area contributed by atoms with Gasteiger partial charge in [0, 0.05) is 24.4 Å². The monoisotopic (exact) mass is 196 g/mol. The van der Waals surface area contributed by atoms with Crippen LogP contribution < -0.4 is 5.73 Å².